The summed E-state index contributed by atoms with van der Waals surface area (Å²) in [5.41, 5.74) is 1.99. The molecule has 0 aliphatic rings. The van der Waals surface area contributed by atoms with E-state index in [4.69, 9.17) is 8.83 Å². The second kappa shape index (κ2) is 8.62. The van der Waals surface area contributed by atoms with Crippen molar-refractivity contribution in [1.29, 1.82) is 0 Å². The number of hydrogen-bond donors (Lipinski definition) is 0. The fourth-order valence-corrected chi connectivity index (χ4v) is 2.70. The summed E-state index contributed by atoms with van der Waals surface area (Å²) in [5.74, 6) is 0.776. The van der Waals surface area contributed by atoms with E-state index < -0.39 is 0 Å². The van der Waals surface area contributed by atoms with E-state index in [2.05, 4.69) is 13.8 Å². The van der Waals surface area contributed by atoms with Gasteiger partial charge in [0, 0.05) is 11.1 Å². The summed E-state index contributed by atoms with van der Waals surface area (Å²) in [4.78, 5) is 12.7. The quantitative estimate of drug-likeness (QED) is 0.425. The normalized spacial score (nSPS) is 11.0. The molecule has 0 atom stereocenters. The van der Waals surface area contributed by atoms with Gasteiger partial charge >= 0.3 is 0 Å². The summed E-state index contributed by atoms with van der Waals surface area (Å²) >= 11 is 0. The summed E-state index contributed by atoms with van der Waals surface area (Å²) in [6, 6.07) is 3.81. The number of rotatable bonds is 10. The Bertz CT molecular complexity index is 527. The first-order valence-electron chi connectivity index (χ1n) is 8.45. The Morgan fingerprint density at radius 2 is 1.27 bits per heavy atom. The van der Waals surface area contributed by atoms with E-state index in [1.165, 1.54) is 25.7 Å². The van der Waals surface area contributed by atoms with Crippen LogP contribution in [0.5, 0.6) is 0 Å². The number of ketones is 1. The standard InChI is InChI=1S/C19H26O3/c1-3-5-7-9-15-11-13-21-18(15)17(20)19-16(12-14-22-19)10-8-6-4-2/h11-14H,3-10H2,1-2H3. The molecule has 0 fully saturated rings. The van der Waals surface area contributed by atoms with Gasteiger partial charge in [-0.3, -0.25) is 4.79 Å². The Labute approximate surface area is 132 Å². The highest BCUT2D eigenvalue weighted by Crippen LogP contribution is 2.22. The zero-order valence-electron chi connectivity index (χ0n) is 13.7. The molecule has 2 heterocycles. The molecule has 0 radical (unpaired) electrons. The van der Waals surface area contributed by atoms with Gasteiger partial charge in [-0.25, -0.2) is 0 Å². The van der Waals surface area contributed by atoms with E-state index in [1.54, 1.807) is 12.5 Å². The molecule has 3 heteroatoms. The average Bonchev–Trinajstić information content (AvgIpc) is 3.16. The van der Waals surface area contributed by atoms with E-state index in [0.717, 1.165) is 36.8 Å². The van der Waals surface area contributed by atoms with Crippen molar-refractivity contribution < 1.29 is 13.6 Å². The van der Waals surface area contributed by atoms with Gasteiger partial charge in [-0.15, -0.1) is 0 Å². The second-order valence-electron chi connectivity index (χ2n) is 5.79. The van der Waals surface area contributed by atoms with Crippen LogP contribution >= 0.6 is 0 Å². The average molecular weight is 302 g/mol. The van der Waals surface area contributed by atoms with Crippen molar-refractivity contribution in [1.82, 2.24) is 0 Å². The number of furan rings is 2. The van der Waals surface area contributed by atoms with E-state index in [0.29, 0.717) is 11.5 Å². The molecule has 2 aromatic rings. The Balaban J connectivity index is 2.08. The fourth-order valence-electron chi connectivity index (χ4n) is 2.70. The molecule has 0 bridgehead atoms. The Morgan fingerprint density at radius 3 is 1.68 bits per heavy atom. The van der Waals surface area contributed by atoms with Crippen molar-refractivity contribution in [3.63, 3.8) is 0 Å². The molecule has 22 heavy (non-hydrogen) atoms. The van der Waals surface area contributed by atoms with Gasteiger partial charge in [0.2, 0.25) is 0 Å². The van der Waals surface area contributed by atoms with Gasteiger partial charge in [-0.1, -0.05) is 39.5 Å². The van der Waals surface area contributed by atoms with Crippen LogP contribution in [-0.2, 0) is 12.8 Å². The molecular formula is C19H26O3. The molecule has 2 rings (SSSR count). The Hall–Kier alpha value is -1.77. The van der Waals surface area contributed by atoms with Crippen molar-refractivity contribution >= 4 is 5.78 Å². The minimum Gasteiger partial charge on any atom is -0.460 e. The largest absolute Gasteiger partial charge is 0.460 e. The molecular weight excluding hydrogens is 276 g/mol. The molecule has 120 valence electrons. The lowest BCUT2D eigenvalue weighted by Gasteiger charge is -2.03. The monoisotopic (exact) mass is 302 g/mol. The summed E-state index contributed by atoms with van der Waals surface area (Å²) in [6.45, 7) is 4.35. The summed E-state index contributed by atoms with van der Waals surface area (Å²) < 4.78 is 10.9. The maximum atomic E-state index is 12.7. The maximum Gasteiger partial charge on any atom is 0.263 e. The predicted molar refractivity (Wildman–Crippen MR) is 87.3 cm³/mol. The van der Waals surface area contributed by atoms with E-state index in [1.807, 2.05) is 12.1 Å². The molecule has 0 spiro atoms. The molecule has 0 saturated heterocycles. The van der Waals surface area contributed by atoms with E-state index in [9.17, 15) is 4.79 Å². The van der Waals surface area contributed by atoms with Crippen LogP contribution in [-0.4, -0.2) is 5.78 Å². The number of hydrogen-bond acceptors (Lipinski definition) is 3. The van der Waals surface area contributed by atoms with Gasteiger partial charge in [0.05, 0.1) is 12.5 Å². The van der Waals surface area contributed by atoms with Crippen LogP contribution in [0.15, 0.2) is 33.5 Å². The first kappa shape index (κ1) is 16.6. The first-order valence-corrected chi connectivity index (χ1v) is 8.45. The highest BCUT2D eigenvalue weighted by atomic mass is 16.4. The van der Waals surface area contributed by atoms with Gasteiger partial charge in [0.1, 0.15) is 0 Å². The molecule has 2 aromatic heterocycles. The van der Waals surface area contributed by atoms with Crippen molar-refractivity contribution in [2.75, 3.05) is 0 Å². The zero-order valence-corrected chi connectivity index (χ0v) is 13.7. The van der Waals surface area contributed by atoms with Gasteiger partial charge in [-0.05, 0) is 37.8 Å². The lowest BCUT2D eigenvalue weighted by atomic mass is 10.0. The van der Waals surface area contributed by atoms with E-state index >= 15 is 0 Å². The van der Waals surface area contributed by atoms with Crippen LogP contribution in [0.3, 0.4) is 0 Å². The zero-order chi connectivity index (χ0) is 15.8. The lowest BCUT2D eigenvalue weighted by molar-refractivity contribution is 0.0980. The Morgan fingerprint density at radius 1 is 0.818 bits per heavy atom. The second-order valence-corrected chi connectivity index (χ2v) is 5.79. The number of carbonyl (C=O) groups is 1. The van der Waals surface area contributed by atoms with Crippen molar-refractivity contribution in [3.05, 3.63) is 47.3 Å². The smallest absolute Gasteiger partial charge is 0.263 e. The van der Waals surface area contributed by atoms with Gasteiger partial charge < -0.3 is 8.83 Å². The molecule has 0 aliphatic heterocycles. The van der Waals surface area contributed by atoms with Crippen LogP contribution in [0.2, 0.25) is 0 Å². The third-order valence-corrected chi connectivity index (χ3v) is 4.01. The fraction of sp³-hybridized carbons (Fsp3) is 0.526. The first-order chi connectivity index (χ1) is 10.8. The van der Waals surface area contributed by atoms with Gasteiger partial charge in [0.15, 0.2) is 11.5 Å². The van der Waals surface area contributed by atoms with E-state index in [-0.39, 0.29) is 5.78 Å². The predicted octanol–water partition coefficient (Wildman–Crippen LogP) is 5.57. The maximum absolute atomic E-state index is 12.7. The number of carbonyl (C=O) groups excluding carboxylic acids is 1. The minimum atomic E-state index is -0.118. The minimum absolute atomic E-state index is 0.118. The third kappa shape index (κ3) is 4.12. The van der Waals surface area contributed by atoms with Crippen molar-refractivity contribution in [2.45, 2.75) is 65.2 Å². The SMILES string of the molecule is CCCCCc1ccoc1C(=O)c1occc1CCCCC. The summed E-state index contributed by atoms with van der Waals surface area (Å²) in [5, 5.41) is 0. The van der Waals surface area contributed by atoms with Crippen LogP contribution < -0.4 is 0 Å². The van der Waals surface area contributed by atoms with Crippen molar-refractivity contribution in [2.24, 2.45) is 0 Å². The van der Waals surface area contributed by atoms with Crippen LogP contribution in [0, 0.1) is 0 Å². The number of unbranched alkanes of at least 4 members (excludes halogenated alkanes) is 4. The molecule has 3 nitrogen and oxygen atoms in total. The number of aryl methyl sites for hydroxylation is 2. The van der Waals surface area contributed by atoms with Crippen LogP contribution in [0.4, 0.5) is 0 Å². The molecule has 0 N–H and O–H groups in total. The Kier molecular flexibility index (Phi) is 6.50. The molecule has 0 amide bonds. The van der Waals surface area contributed by atoms with Crippen LogP contribution in [0.1, 0.15) is 79.8 Å². The highest BCUT2D eigenvalue weighted by molar-refractivity contribution is 6.07. The van der Waals surface area contributed by atoms with Gasteiger partial charge in [0.25, 0.3) is 5.78 Å². The van der Waals surface area contributed by atoms with Gasteiger partial charge in [-0.2, -0.15) is 0 Å². The third-order valence-electron chi connectivity index (χ3n) is 4.01. The van der Waals surface area contributed by atoms with Crippen molar-refractivity contribution in [3.8, 4) is 0 Å². The summed E-state index contributed by atoms with van der Waals surface area (Å²) in [7, 11) is 0. The summed E-state index contributed by atoms with van der Waals surface area (Å²) in [6.07, 6.45) is 11.8. The molecule has 0 unspecified atom stereocenters. The molecule has 0 aromatic carbocycles. The lowest BCUT2D eigenvalue weighted by Crippen LogP contribution is -2.05. The molecule has 0 aliphatic carbocycles. The topological polar surface area (TPSA) is 43.4 Å². The van der Waals surface area contributed by atoms with Crippen LogP contribution in [0.25, 0.3) is 0 Å². The molecule has 0 saturated carbocycles. The highest BCUT2D eigenvalue weighted by Gasteiger charge is 2.22.